The maximum absolute atomic E-state index is 5.79. The Hall–Kier alpha value is -0.510. The SMILES string of the molecule is CC1CN(CC2Cc3ccccc3S2)CC(C)O1. The van der Waals surface area contributed by atoms with E-state index in [1.54, 1.807) is 0 Å². The normalized spacial score (nSPS) is 32.4. The fraction of sp³-hybridized carbons (Fsp3) is 0.600. The Morgan fingerprint density at radius 2 is 1.94 bits per heavy atom. The largest absolute Gasteiger partial charge is 0.373 e. The van der Waals surface area contributed by atoms with Crippen molar-refractivity contribution in [3.05, 3.63) is 29.8 Å². The summed E-state index contributed by atoms with van der Waals surface area (Å²) in [6, 6.07) is 8.82. The van der Waals surface area contributed by atoms with Crippen LogP contribution in [-0.4, -0.2) is 42.0 Å². The summed E-state index contributed by atoms with van der Waals surface area (Å²) in [5, 5.41) is 0.722. The van der Waals surface area contributed by atoms with Gasteiger partial charge >= 0.3 is 0 Å². The number of fused-ring (bicyclic) bond motifs is 1. The highest BCUT2D eigenvalue weighted by molar-refractivity contribution is 8.00. The third-order valence-electron chi connectivity index (χ3n) is 3.67. The van der Waals surface area contributed by atoms with Crippen LogP contribution in [0.15, 0.2) is 29.2 Å². The second-order valence-electron chi connectivity index (χ2n) is 5.53. The van der Waals surface area contributed by atoms with Crippen molar-refractivity contribution in [2.75, 3.05) is 19.6 Å². The van der Waals surface area contributed by atoms with E-state index in [4.69, 9.17) is 4.74 Å². The van der Waals surface area contributed by atoms with Crippen LogP contribution in [0.1, 0.15) is 19.4 Å². The van der Waals surface area contributed by atoms with E-state index in [2.05, 4.69) is 43.0 Å². The fourth-order valence-corrected chi connectivity index (χ4v) is 4.44. The molecule has 3 atom stereocenters. The zero-order valence-corrected chi connectivity index (χ0v) is 12.0. The summed E-state index contributed by atoms with van der Waals surface area (Å²) < 4.78 is 5.79. The Morgan fingerprint density at radius 1 is 1.22 bits per heavy atom. The monoisotopic (exact) mass is 263 g/mol. The van der Waals surface area contributed by atoms with Gasteiger partial charge in [0.15, 0.2) is 0 Å². The van der Waals surface area contributed by atoms with Gasteiger partial charge in [0.25, 0.3) is 0 Å². The summed E-state index contributed by atoms with van der Waals surface area (Å²) in [7, 11) is 0. The lowest BCUT2D eigenvalue weighted by molar-refractivity contribution is -0.0675. The summed E-state index contributed by atoms with van der Waals surface area (Å²) >= 11 is 2.05. The number of morpholine rings is 1. The Balaban J connectivity index is 1.59. The van der Waals surface area contributed by atoms with E-state index < -0.39 is 0 Å². The third-order valence-corrected chi connectivity index (χ3v) is 4.97. The maximum Gasteiger partial charge on any atom is 0.0678 e. The molecule has 0 N–H and O–H groups in total. The highest BCUT2D eigenvalue weighted by atomic mass is 32.2. The minimum absolute atomic E-state index is 0.377. The second-order valence-corrected chi connectivity index (χ2v) is 6.87. The van der Waals surface area contributed by atoms with Crippen LogP contribution in [0, 0.1) is 0 Å². The van der Waals surface area contributed by atoms with Gasteiger partial charge in [-0.2, -0.15) is 0 Å². The van der Waals surface area contributed by atoms with Crippen LogP contribution in [0.2, 0.25) is 0 Å². The lowest BCUT2D eigenvalue weighted by Gasteiger charge is -2.36. The predicted molar refractivity (Wildman–Crippen MR) is 76.2 cm³/mol. The topological polar surface area (TPSA) is 12.5 Å². The fourth-order valence-electron chi connectivity index (χ4n) is 3.08. The van der Waals surface area contributed by atoms with Gasteiger partial charge in [-0.3, -0.25) is 4.90 Å². The standard InChI is InChI=1S/C15H21NOS/c1-11-8-16(9-12(2)17-11)10-14-7-13-5-3-4-6-15(13)18-14/h3-6,11-12,14H,7-10H2,1-2H3. The highest BCUT2D eigenvalue weighted by Crippen LogP contribution is 2.37. The van der Waals surface area contributed by atoms with Gasteiger partial charge in [0.05, 0.1) is 12.2 Å². The van der Waals surface area contributed by atoms with Gasteiger partial charge in [-0.05, 0) is 31.9 Å². The van der Waals surface area contributed by atoms with Crippen molar-refractivity contribution in [1.82, 2.24) is 4.90 Å². The van der Waals surface area contributed by atoms with E-state index in [1.165, 1.54) is 23.4 Å². The van der Waals surface area contributed by atoms with Crippen molar-refractivity contribution in [2.24, 2.45) is 0 Å². The van der Waals surface area contributed by atoms with E-state index in [9.17, 15) is 0 Å². The van der Waals surface area contributed by atoms with E-state index in [1.807, 2.05) is 11.8 Å². The molecule has 0 amide bonds. The molecule has 3 heteroatoms. The number of hydrogen-bond donors (Lipinski definition) is 0. The highest BCUT2D eigenvalue weighted by Gasteiger charge is 2.28. The predicted octanol–water partition coefficient (Wildman–Crippen LogP) is 2.81. The van der Waals surface area contributed by atoms with Gasteiger partial charge < -0.3 is 4.74 Å². The first-order chi connectivity index (χ1) is 8.70. The molecule has 0 bridgehead atoms. The number of thioether (sulfide) groups is 1. The number of nitrogens with zero attached hydrogens (tertiary/aromatic N) is 1. The molecule has 3 rings (SSSR count). The molecule has 0 radical (unpaired) electrons. The molecule has 0 aliphatic carbocycles. The van der Waals surface area contributed by atoms with Crippen molar-refractivity contribution in [3.63, 3.8) is 0 Å². The van der Waals surface area contributed by atoms with Crippen molar-refractivity contribution in [1.29, 1.82) is 0 Å². The van der Waals surface area contributed by atoms with E-state index in [0.29, 0.717) is 12.2 Å². The first-order valence-corrected chi connectivity index (χ1v) is 7.71. The Labute approximate surface area is 114 Å². The lowest BCUT2D eigenvalue weighted by Crippen LogP contribution is -2.47. The molecule has 1 aromatic rings. The van der Waals surface area contributed by atoms with E-state index in [-0.39, 0.29) is 0 Å². The van der Waals surface area contributed by atoms with Crippen molar-refractivity contribution in [3.8, 4) is 0 Å². The Kier molecular flexibility index (Phi) is 3.64. The molecule has 1 aromatic carbocycles. The first kappa shape index (κ1) is 12.5. The van der Waals surface area contributed by atoms with Gasteiger partial charge in [0, 0.05) is 29.8 Å². The van der Waals surface area contributed by atoms with Gasteiger partial charge in [0.1, 0.15) is 0 Å². The van der Waals surface area contributed by atoms with Crippen molar-refractivity contribution < 1.29 is 4.74 Å². The van der Waals surface area contributed by atoms with Crippen molar-refractivity contribution in [2.45, 2.75) is 42.6 Å². The van der Waals surface area contributed by atoms with Gasteiger partial charge in [-0.25, -0.2) is 0 Å². The summed E-state index contributed by atoms with van der Waals surface area (Å²) in [6.07, 6.45) is 1.98. The molecule has 0 spiro atoms. The molecule has 2 nitrogen and oxygen atoms in total. The minimum atomic E-state index is 0.377. The number of benzene rings is 1. The van der Waals surface area contributed by atoms with Crippen LogP contribution < -0.4 is 0 Å². The summed E-state index contributed by atoms with van der Waals surface area (Å²) in [5.41, 5.74) is 1.53. The average Bonchev–Trinajstić information content (AvgIpc) is 2.69. The van der Waals surface area contributed by atoms with Gasteiger partial charge in [-0.1, -0.05) is 18.2 Å². The molecule has 0 saturated carbocycles. The average molecular weight is 263 g/mol. The molecule has 1 fully saturated rings. The van der Waals surface area contributed by atoms with E-state index in [0.717, 1.165) is 18.3 Å². The minimum Gasteiger partial charge on any atom is -0.373 e. The zero-order valence-electron chi connectivity index (χ0n) is 11.1. The third kappa shape index (κ3) is 2.73. The van der Waals surface area contributed by atoms with Gasteiger partial charge in [0.2, 0.25) is 0 Å². The molecule has 18 heavy (non-hydrogen) atoms. The molecular formula is C15H21NOS. The molecule has 2 heterocycles. The lowest BCUT2D eigenvalue weighted by atomic mass is 10.1. The Bertz CT molecular complexity index is 388. The number of ether oxygens (including phenoxy) is 1. The smallest absolute Gasteiger partial charge is 0.0678 e. The van der Waals surface area contributed by atoms with Crippen molar-refractivity contribution >= 4 is 11.8 Å². The molecule has 1 saturated heterocycles. The van der Waals surface area contributed by atoms with Crippen LogP contribution in [0.4, 0.5) is 0 Å². The van der Waals surface area contributed by atoms with Crippen LogP contribution in [0.5, 0.6) is 0 Å². The van der Waals surface area contributed by atoms with Crippen LogP contribution in [0.25, 0.3) is 0 Å². The van der Waals surface area contributed by atoms with Gasteiger partial charge in [-0.15, -0.1) is 11.8 Å². The number of rotatable bonds is 2. The molecule has 0 aromatic heterocycles. The summed E-state index contributed by atoms with van der Waals surface area (Å²) in [4.78, 5) is 4.06. The van der Waals surface area contributed by atoms with Crippen LogP contribution in [0.3, 0.4) is 0 Å². The molecule has 3 unspecified atom stereocenters. The zero-order chi connectivity index (χ0) is 12.5. The van der Waals surface area contributed by atoms with Crippen LogP contribution >= 0.6 is 11.8 Å². The molecular weight excluding hydrogens is 242 g/mol. The van der Waals surface area contributed by atoms with Crippen LogP contribution in [-0.2, 0) is 11.2 Å². The second kappa shape index (κ2) is 5.24. The Morgan fingerprint density at radius 3 is 2.67 bits per heavy atom. The quantitative estimate of drug-likeness (QED) is 0.814. The first-order valence-electron chi connectivity index (χ1n) is 6.83. The maximum atomic E-state index is 5.79. The molecule has 98 valence electrons. The van der Waals surface area contributed by atoms with E-state index >= 15 is 0 Å². The summed E-state index contributed by atoms with van der Waals surface area (Å²) in [6.45, 7) is 7.71. The molecule has 2 aliphatic heterocycles. The summed E-state index contributed by atoms with van der Waals surface area (Å²) in [5.74, 6) is 0. The number of hydrogen-bond acceptors (Lipinski definition) is 3. The molecule has 2 aliphatic rings.